The number of hydrogen-bond acceptors (Lipinski definition) is 3. The minimum absolute atomic E-state index is 0.131. The first-order valence-electron chi connectivity index (χ1n) is 5.04. The molecule has 13 heavy (non-hydrogen) atoms. The molecule has 1 saturated heterocycles. The Bertz CT molecular complexity index is 185. The molecule has 0 saturated carbocycles. The first-order valence-corrected chi connectivity index (χ1v) is 5.04. The lowest BCUT2D eigenvalue weighted by Crippen LogP contribution is -2.36. The first kappa shape index (κ1) is 10.5. The van der Waals surface area contributed by atoms with Crippen molar-refractivity contribution >= 4 is 0 Å². The molecule has 1 aliphatic heterocycles. The van der Waals surface area contributed by atoms with Gasteiger partial charge in [0.25, 0.3) is 0 Å². The van der Waals surface area contributed by atoms with Crippen LogP contribution in [0.3, 0.4) is 0 Å². The summed E-state index contributed by atoms with van der Waals surface area (Å²) in [5.41, 5.74) is 0. The maximum absolute atomic E-state index is 8.58. The molecule has 1 fully saturated rings. The van der Waals surface area contributed by atoms with Gasteiger partial charge in [-0.1, -0.05) is 0 Å². The molecule has 0 aromatic carbocycles. The van der Waals surface area contributed by atoms with Crippen LogP contribution in [-0.2, 0) is 0 Å². The zero-order valence-corrected chi connectivity index (χ0v) is 8.58. The van der Waals surface area contributed by atoms with Gasteiger partial charge in [0.15, 0.2) is 0 Å². The van der Waals surface area contributed by atoms with Crippen molar-refractivity contribution in [3.05, 3.63) is 0 Å². The van der Waals surface area contributed by atoms with E-state index in [4.69, 9.17) is 5.26 Å². The fourth-order valence-electron chi connectivity index (χ4n) is 1.75. The summed E-state index contributed by atoms with van der Waals surface area (Å²) < 4.78 is 0. The van der Waals surface area contributed by atoms with Crippen LogP contribution in [0.1, 0.15) is 19.8 Å². The van der Waals surface area contributed by atoms with E-state index in [-0.39, 0.29) is 5.92 Å². The van der Waals surface area contributed by atoms with E-state index >= 15 is 0 Å². The maximum Gasteiger partial charge on any atom is 0.0666 e. The van der Waals surface area contributed by atoms with Crippen molar-refractivity contribution in [1.82, 2.24) is 10.2 Å². The van der Waals surface area contributed by atoms with Crippen LogP contribution < -0.4 is 5.32 Å². The number of rotatable bonds is 4. The van der Waals surface area contributed by atoms with Crippen molar-refractivity contribution in [3.8, 4) is 6.07 Å². The summed E-state index contributed by atoms with van der Waals surface area (Å²) in [6.45, 7) is 5.02. The fourth-order valence-corrected chi connectivity index (χ4v) is 1.75. The molecule has 3 nitrogen and oxygen atoms in total. The topological polar surface area (TPSA) is 39.1 Å². The number of likely N-dealkylation sites (tertiary alicyclic amines) is 1. The third-order valence-corrected chi connectivity index (χ3v) is 2.72. The molecule has 0 aliphatic carbocycles. The fraction of sp³-hybridized carbons (Fsp3) is 0.900. The smallest absolute Gasteiger partial charge is 0.0666 e. The Labute approximate surface area is 80.7 Å². The standard InChI is InChI=1S/C10H19N3/c1-9(6-11)7-12-8-10-4-3-5-13(10)2/h9-10,12H,3-5,7-8H2,1-2H3. The number of likely N-dealkylation sites (N-methyl/N-ethyl adjacent to an activating group) is 1. The molecule has 0 spiro atoms. The van der Waals surface area contributed by atoms with Gasteiger partial charge in [-0.2, -0.15) is 5.26 Å². The molecule has 1 aliphatic rings. The Balaban J connectivity index is 2.09. The van der Waals surface area contributed by atoms with Gasteiger partial charge >= 0.3 is 0 Å². The van der Waals surface area contributed by atoms with Crippen molar-refractivity contribution in [3.63, 3.8) is 0 Å². The molecule has 0 aromatic heterocycles. The second kappa shape index (κ2) is 5.21. The Morgan fingerprint density at radius 2 is 2.46 bits per heavy atom. The Morgan fingerprint density at radius 3 is 3.00 bits per heavy atom. The highest BCUT2D eigenvalue weighted by Gasteiger charge is 2.19. The third-order valence-electron chi connectivity index (χ3n) is 2.72. The highest BCUT2D eigenvalue weighted by molar-refractivity contribution is 4.83. The van der Waals surface area contributed by atoms with Gasteiger partial charge < -0.3 is 10.2 Å². The number of nitrogens with zero attached hydrogens (tertiary/aromatic N) is 2. The van der Waals surface area contributed by atoms with Gasteiger partial charge in [0.2, 0.25) is 0 Å². The summed E-state index contributed by atoms with van der Waals surface area (Å²) in [7, 11) is 2.17. The van der Waals surface area contributed by atoms with Crippen LogP contribution >= 0.6 is 0 Å². The molecule has 1 N–H and O–H groups in total. The van der Waals surface area contributed by atoms with Crippen molar-refractivity contribution in [2.45, 2.75) is 25.8 Å². The minimum atomic E-state index is 0.131. The van der Waals surface area contributed by atoms with Gasteiger partial charge in [0.05, 0.1) is 12.0 Å². The molecule has 74 valence electrons. The van der Waals surface area contributed by atoms with Crippen LogP contribution in [0.5, 0.6) is 0 Å². The zero-order valence-electron chi connectivity index (χ0n) is 8.58. The quantitative estimate of drug-likeness (QED) is 0.698. The SMILES string of the molecule is CC(C#N)CNCC1CCCN1C. The van der Waals surface area contributed by atoms with E-state index < -0.39 is 0 Å². The Kier molecular flexibility index (Phi) is 4.20. The van der Waals surface area contributed by atoms with Crippen molar-refractivity contribution in [2.24, 2.45) is 5.92 Å². The molecule has 0 bridgehead atoms. The van der Waals surface area contributed by atoms with Gasteiger partial charge in [-0.25, -0.2) is 0 Å². The molecular weight excluding hydrogens is 162 g/mol. The molecule has 1 heterocycles. The van der Waals surface area contributed by atoms with E-state index in [1.807, 2.05) is 6.92 Å². The molecule has 3 heteroatoms. The molecule has 0 aromatic rings. The van der Waals surface area contributed by atoms with Crippen molar-refractivity contribution < 1.29 is 0 Å². The van der Waals surface area contributed by atoms with Crippen LogP contribution in [0.2, 0.25) is 0 Å². The first-order chi connectivity index (χ1) is 6.24. The summed E-state index contributed by atoms with van der Waals surface area (Å²) in [6.07, 6.45) is 2.61. The van der Waals surface area contributed by atoms with Crippen LogP contribution in [0.15, 0.2) is 0 Å². The van der Waals surface area contributed by atoms with E-state index in [9.17, 15) is 0 Å². The van der Waals surface area contributed by atoms with Gasteiger partial charge in [-0.3, -0.25) is 0 Å². The average molecular weight is 181 g/mol. The van der Waals surface area contributed by atoms with Gasteiger partial charge in [-0.05, 0) is 33.4 Å². The average Bonchev–Trinajstić information content (AvgIpc) is 2.52. The van der Waals surface area contributed by atoms with Crippen molar-refractivity contribution in [2.75, 3.05) is 26.7 Å². The number of nitriles is 1. The highest BCUT2D eigenvalue weighted by Crippen LogP contribution is 2.13. The monoisotopic (exact) mass is 181 g/mol. The zero-order chi connectivity index (χ0) is 9.68. The predicted octanol–water partition coefficient (Wildman–Crippen LogP) is 0.830. The highest BCUT2D eigenvalue weighted by atomic mass is 15.2. The van der Waals surface area contributed by atoms with E-state index in [2.05, 4.69) is 23.3 Å². The number of hydrogen-bond donors (Lipinski definition) is 1. The van der Waals surface area contributed by atoms with Crippen LogP contribution in [0.25, 0.3) is 0 Å². The molecular formula is C10H19N3. The van der Waals surface area contributed by atoms with Gasteiger partial charge in [0, 0.05) is 19.1 Å². The molecule has 2 atom stereocenters. The van der Waals surface area contributed by atoms with E-state index in [0.717, 1.165) is 13.1 Å². The molecule has 0 radical (unpaired) electrons. The summed E-state index contributed by atoms with van der Waals surface area (Å²) in [4.78, 5) is 2.39. The van der Waals surface area contributed by atoms with E-state index in [1.165, 1.54) is 19.4 Å². The summed E-state index contributed by atoms with van der Waals surface area (Å²) in [5, 5.41) is 11.9. The molecule has 2 unspecified atom stereocenters. The molecule has 1 rings (SSSR count). The normalized spacial score (nSPS) is 25.8. The summed E-state index contributed by atoms with van der Waals surface area (Å²) in [6, 6.07) is 2.91. The van der Waals surface area contributed by atoms with Gasteiger partial charge in [0.1, 0.15) is 0 Å². The summed E-state index contributed by atoms with van der Waals surface area (Å²) in [5.74, 6) is 0.131. The van der Waals surface area contributed by atoms with Gasteiger partial charge in [-0.15, -0.1) is 0 Å². The van der Waals surface area contributed by atoms with E-state index in [0.29, 0.717) is 6.04 Å². The second-order valence-electron chi connectivity index (χ2n) is 3.97. The van der Waals surface area contributed by atoms with Crippen LogP contribution in [-0.4, -0.2) is 37.6 Å². The van der Waals surface area contributed by atoms with E-state index in [1.54, 1.807) is 0 Å². The largest absolute Gasteiger partial charge is 0.314 e. The minimum Gasteiger partial charge on any atom is -0.314 e. The van der Waals surface area contributed by atoms with Crippen molar-refractivity contribution in [1.29, 1.82) is 5.26 Å². The summed E-state index contributed by atoms with van der Waals surface area (Å²) >= 11 is 0. The lowest BCUT2D eigenvalue weighted by Gasteiger charge is -2.19. The maximum atomic E-state index is 8.58. The predicted molar refractivity (Wildman–Crippen MR) is 53.3 cm³/mol. The third kappa shape index (κ3) is 3.33. The second-order valence-corrected chi connectivity index (χ2v) is 3.97. The number of nitrogens with one attached hydrogen (secondary N) is 1. The lowest BCUT2D eigenvalue weighted by molar-refractivity contribution is 0.299. The molecule has 0 amide bonds. The van der Waals surface area contributed by atoms with Crippen LogP contribution in [0, 0.1) is 17.2 Å². The lowest BCUT2D eigenvalue weighted by atomic mass is 10.2. The Morgan fingerprint density at radius 1 is 1.69 bits per heavy atom. The van der Waals surface area contributed by atoms with Crippen LogP contribution in [0.4, 0.5) is 0 Å². The Hall–Kier alpha value is -0.590.